The topological polar surface area (TPSA) is 37.3 Å². The van der Waals surface area contributed by atoms with Crippen molar-refractivity contribution in [2.75, 3.05) is 0 Å². The first-order valence-electron chi connectivity index (χ1n) is 3.51. The maximum Gasteiger partial charge on any atom is 0.448 e. The van der Waals surface area contributed by atoms with Crippen LogP contribution < -0.4 is 0 Å². The molecule has 0 amide bonds. The zero-order valence-electron chi connectivity index (χ0n) is 7.70. The Morgan fingerprint density at radius 3 is 1.40 bits per heavy atom. The largest absolute Gasteiger partial charge is 0.481 e. The number of aliphatic carboxylic acids is 1. The van der Waals surface area contributed by atoms with Crippen molar-refractivity contribution in [1.82, 2.24) is 0 Å². The normalized spacial score (nSPS) is 10.5. The van der Waals surface area contributed by atoms with Gasteiger partial charge in [-0.15, -0.1) is 0 Å². The Hall–Kier alpha value is -1.21. The first-order chi connectivity index (χ1) is 6.50. The molecule has 0 fully saturated rings. The fourth-order valence-corrected chi connectivity index (χ4v) is 0.107. The van der Waals surface area contributed by atoms with Gasteiger partial charge in [-0.05, 0) is 0 Å². The highest BCUT2D eigenvalue weighted by Gasteiger charge is 2.38. The van der Waals surface area contributed by atoms with E-state index < -0.39 is 24.1 Å². The van der Waals surface area contributed by atoms with E-state index in [0.717, 1.165) is 0 Å². The minimum absolute atomic E-state index is 0.231. The second-order valence-corrected chi connectivity index (χ2v) is 2.57. The number of rotatable bonds is 1. The van der Waals surface area contributed by atoms with Crippen molar-refractivity contribution in [3.05, 3.63) is 11.9 Å². The van der Waals surface area contributed by atoms with Gasteiger partial charge in [0.2, 0.25) is 0 Å². The van der Waals surface area contributed by atoms with E-state index in [1.54, 1.807) is 13.8 Å². The molecule has 0 bridgehead atoms. The molecule has 0 rings (SSSR count). The maximum atomic E-state index is 11.0. The minimum Gasteiger partial charge on any atom is -0.481 e. The van der Waals surface area contributed by atoms with Crippen LogP contribution in [-0.4, -0.2) is 17.3 Å². The van der Waals surface area contributed by atoms with Crippen molar-refractivity contribution in [3.8, 4) is 0 Å². The van der Waals surface area contributed by atoms with Crippen molar-refractivity contribution in [2.45, 2.75) is 20.0 Å². The standard InChI is InChI=1S/C4H8O2.C3F6/c1-3(2)4(5)6;4-1(2(5)6)3(7,8)9/h3H,1-2H3,(H,5,6);. The number of hydrogen-bond acceptors (Lipinski definition) is 1. The zero-order chi connectivity index (χ0) is 12.8. The number of carbonyl (C=O) groups is 1. The number of halogens is 6. The summed E-state index contributed by atoms with van der Waals surface area (Å²) in [6.45, 7) is 3.28. The number of carboxylic acids is 1. The van der Waals surface area contributed by atoms with Crippen molar-refractivity contribution in [2.24, 2.45) is 5.92 Å². The SMILES string of the molecule is CC(C)C(=O)O.FC(F)=C(F)C(F)(F)F. The van der Waals surface area contributed by atoms with Gasteiger partial charge in [-0.3, -0.25) is 4.79 Å². The van der Waals surface area contributed by atoms with Crippen LogP contribution in [0.3, 0.4) is 0 Å². The van der Waals surface area contributed by atoms with Gasteiger partial charge < -0.3 is 5.11 Å². The van der Waals surface area contributed by atoms with E-state index in [4.69, 9.17) is 5.11 Å². The second kappa shape index (κ2) is 6.31. The van der Waals surface area contributed by atoms with Gasteiger partial charge >= 0.3 is 18.2 Å². The third-order valence-electron chi connectivity index (χ3n) is 0.909. The third kappa shape index (κ3) is 9.10. The quantitative estimate of drug-likeness (QED) is 0.711. The molecule has 0 aliphatic heterocycles. The maximum absolute atomic E-state index is 11.0. The monoisotopic (exact) mass is 238 g/mol. The molecule has 0 aromatic rings. The molecule has 0 unspecified atom stereocenters. The lowest BCUT2D eigenvalue weighted by Crippen LogP contribution is -2.08. The average Bonchev–Trinajstić information content (AvgIpc) is 2.02. The smallest absolute Gasteiger partial charge is 0.448 e. The molecule has 0 aromatic heterocycles. The Morgan fingerprint density at radius 1 is 1.13 bits per heavy atom. The molecule has 0 spiro atoms. The Kier molecular flexibility index (Phi) is 6.82. The van der Waals surface area contributed by atoms with E-state index in [1.807, 2.05) is 0 Å². The van der Waals surface area contributed by atoms with Crippen LogP contribution in [0.5, 0.6) is 0 Å². The number of hydrogen-bond donors (Lipinski definition) is 1. The van der Waals surface area contributed by atoms with E-state index in [1.165, 1.54) is 0 Å². The molecule has 0 saturated carbocycles. The summed E-state index contributed by atoms with van der Waals surface area (Å²) in [6.07, 6.45) is -8.90. The van der Waals surface area contributed by atoms with Crippen molar-refractivity contribution in [1.29, 1.82) is 0 Å². The Balaban J connectivity index is 0. The molecular formula is C7H8F6O2. The van der Waals surface area contributed by atoms with E-state index >= 15 is 0 Å². The highest BCUT2D eigenvalue weighted by molar-refractivity contribution is 5.68. The fraction of sp³-hybridized carbons (Fsp3) is 0.571. The van der Waals surface area contributed by atoms with Crippen molar-refractivity contribution < 1.29 is 36.2 Å². The highest BCUT2D eigenvalue weighted by Crippen LogP contribution is 2.29. The molecule has 8 heteroatoms. The molecule has 0 atom stereocenters. The molecule has 15 heavy (non-hydrogen) atoms. The van der Waals surface area contributed by atoms with Gasteiger partial charge in [-0.25, -0.2) is 0 Å². The lowest BCUT2D eigenvalue weighted by molar-refractivity contribution is -0.140. The van der Waals surface area contributed by atoms with Crippen molar-refractivity contribution in [3.63, 3.8) is 0 Å². The predicted octanol–water partition coefficient (Wildman–Crippen LogP) is 3.35. The summed E-state index contributed by atoms with van der Waals surface area (Å²) in [4.78, 5) is 9.70. The van der Waals surface area contributed by atoms with Crippen LogP contribution in [0.1, 0.15) is 13.8 Å². The van der Waals surface area contributed by atoms with Gasteiger partial charge in [-0.2, -0.15) is 26.3 Å². The van der Waals surface area contributed by atoms with E-state index in [-0.39, 0.29) is 5.92 Å². The summed E-state index contributed by atoms with van der Waals surface area (Å²) in [7, 11) is 0. The lowest BCUT2D eigenvalue weighted by atomic mass is 10.2. The Labute approximate surface area is 81.2 Å². The second-order valence-electron chi connectivity index (χ2n) is 2.57. The first-order valence-corrected chi connectivity index (χ1v) is 3.51. The summed E-state index contributed by atoms with van der Waals surface area (Å²) in [6, 6.07) is 0. The summed E-state index contributed by atoms with van der Waals surface area (Å²) < 4.78 is 64.8. The third-order valence-corrected chi connectivity index (χ3v) is 0.909. The van der Waals surface area contributed by atoms with Gasteiger partial charge in [-0.1, -0.05) is 13.8 Å². The van der Waals surface area contributed by atoms with Crippen LogP contribution in [0, 0.1) is 5.92 Å². The number of alkyl halides is 3. The molecule has 90 valence electrons. The zero-order valence-corrected chi connectivity index (χ0v) is 7.70. The van der Waals surface area contributed by atoms with Crippen LogP contribution >= 0.6 is 0 Å². The van der Waals surface area contributed by atoms with E-state index in [0.29, 0.717) is 0 Å². The molecule has 2 nitrogen and oxygen atoms in total. The van der Waals surface area contributed by atoms with Crippen LogP contribution in [0.15, 0.2) is 11.9 Å². The van der Waals surface area contributed by atoms with Crippen LogP contribution in [0.25, 0.3) is 0 Å². The highest BCUT2D eigenvalue weighted by atomic mass is 19.4. The summed E-state index contributed by atoms with van der Waals surface area (Å²) in [5.41, 5.74) is 0. The van der Waals surface area contributed by atoms with Gasteiger partial charge in [0, 0.05) is 0 Å². The van der Waals surface area contributed by atoms with Gasteiger partial charge in [0.05, 0.1) is 5.92 Å². The molecule has 1 N–H and O–H groups in total. The number of allylic oxidation sites excluding steroid dienone is 1. The molecular weight excluding hydrogens is 230 g/mol. The lowest BCUT2D eigenvalue weighted by Gasteiger charge is -1.98. The van der Waals surface area contributed by atoms with Crippen LogP contribution in [-0.2, 0) is 4.79 Å². The van der Waals surface area contributed by atoms with Crippen LogP contribution in [0.2, 0.25) is 0 Å². The molecule has 0 aliphatic carbocycles. The summed E-state index contributed by atoms with van der Waals surface area (Å²) in [5.74, 6) is -4.30. The molecule has 0 aromatic carbocycles. The number of carboxylic acid groups (broad SMARTS) is 1. The van der Waals surface area contributed by atoms with Gasteiger partial charge in [0.25, 0.3) is 5.83 Å². The van der Waals surface area contributed by atoms with Gasteiger partial charge in [0.15, 0.2) is 0 Å². The first kappa shape index (κ1) is 16.2. The average molecular weight is 238 g/mol. The summed E-state index contributed by atoms with van der Waals surface area (Å²) >= 11 is 0. The van der Waals surface area contributed by atoms with Gasteiger partial charge in [0.1, 0.15) is 0 Å². The van der Waals surface area contributed by atoms with Crippen LogP contribution in [0.4, 0.5) is 26.3 Å². The van der Waals surface area contributed by atoms with E-state index in [9.17, 15) is 31.1 Å². The van der Waals surface area contributed by atoms with Crippen molar-refractivity contribution >= 4 is 5.97 Å². The Morgan fingerprint density at radius 2 is 1.40 bits per heavy atom. The molecule has 0 saturated heterocycles. The molecule has 0 aliphatic rings. The van der Waals surface area contributed by atoms with E-state index in [2.05, 4.69) is 0 Å². The molecule has 0 radical (unpaired) electrons. The minimum atomic E-state index is -5.56. The summed E-state index contributed by atoms with van der Waals surface area (Å²) in [5, 5.41) is 7.99. The Bertz CT molecular complexity index is 238. The predicted molar refractivity (Wildman–Crippen MR) is 38.9 cm³/mol. The molecule has 0 heterocycles. The fourth-order valence-electron chi connectivity index (χ4n) is 0.107.